The van der Waals surface area contributed by atoms with Crippen LogP contribution in [0, 0.1) is 11.3 Å². The normalized spacial score (nSPS) is 10.6. The summed E-state index contributed by atoms with van der Waals surface area (Å²) in [6, 6.07) is 22.0. The van der Waals surface area contributed by atoms with Gasteiger partial charge in [-0.15, -0.1) is 0 Å². The third kappa shape index (κ3) is 3.49. The Labute approximate surface area is 162 Å². The van der Waals surface area contributed by atoms with E-state index in [1.54, 1.807) is 0 Å². The number of aromatic nitrogens is 2. The smallest absolute Gasteiger partial charge is 0.221 e. The number of amides is 1. The molecule has 5 heteroatoms. The third-order valence-electron chi connectivity index (χ3n) is 4.54. The first-order valence-corrected chi connectivity index (χ1v) is 8.95. The van der Waals surface area contributed by atoms with Crippen molar-refractivity contribution in [3.63, 3.8) is 0 Å². The van der Waals surface area contributed by atoms with Crippen LogP contribution in [-0.4, -0.2) is 15.3 Å². The number of carbonyl (C=O) groups excluding carboxylic acids is 1. The molecule has 0 atom stereocenters. The molecule has 4 aromatic rings. The standard InChI is InChI=1S/C23H18N4O/c1-16(28)26-21-7-3-6-20(13-21)22-15-25-23-14-19(9-11-27(22)23)18-5-2-4-17(12-18)8-10-24/h2-7,9,11-15H,8H2,1H3,(H,26,28). The number of fused-ring (bicyclic) bond motifs is 1. The van der Waals surface area contributed by atoms with E-state index in [4.69, 9.17) is 5.26 Å². The van der Waals surface area contributed by atoms with E-state index < -0.39 is 0 Å². The Bertz CT molecular complexity index is 1220. The van der Waals surface area contributed by atoms with Crippen LogP contribution < -0.4 is 5.32 Å². The highest BCUT2D eigenvalue weighted by molar-refractivity contribution is 5.89. The van der Waals surface area contributed by atoms with E-state index >= 15 is 0 Å². The number of hydrogen-bond donors (Lipinski definition) is 1. The Morgan fingerprint density at radius 3 is 2.68 bits per heavy atom. The second-order valence-electron chi connectivity index (χ2n) is 6.58. The minimum atomic E-state index is -0.0986. The predicted octanol–water partition coefficient (Wildman–Crippen LogP) is 4.69. The maximum atomic E-state index is 11.3. The number of nitrogens with zero attached hydrogens (tertiary/aromatic N) is 3. The summed E-state index contributed by atoms with van der Waals surface area (Å²) in [6.45, 7) is 1.49. The van der Waals surface area contributed by atoms with Gasteiger partial charge in [-0.3, -0.25) is 9.20 Å². The van der Waals surface area contributed by atoms with Gasteiger partial charge in [0.15, 0.2) is 0 Å². The number of imidazole rings is 1. The molecule has 1 N–H and O–H groups in total. The fourth-order valence-corrected chi connectivity index (χ4v) is 3.29. The Hall–Kier alpha value is -3.91. The van der Waals surface area contributed by atoms with Crippen molar-refractivity contribution in [1.82, 2.24) is 9.38 Å². The molecule has 1 amide bonds. The van der Waals surface area contributed by atoms with Gasteiger partial charge in [0.05, 0.1) is 24.4 Å². The van der Waals surface area contributed by atoms with Crippen molar-refractivity contribution in [2.45, 2.75) is 13.3 Å². The highest BCUT2D eigenvalue weighted by Gasteiger charge is 2.09. The number of rotatable bonds is 4. The molecule has 0 bridgehead atoms. The largest absolute Gasteiger partial charge is 0.326 e. The first kappa shape index (κ1) is 17.5. The van der Waals surface area contributed by atoms with Crippen LogP contribution in [0.15, 0.2) is 73.1 Å². The molecule has 2 heterocycles. The Morgan fingerprint density at radius 2 is 1.86 bits per heavy atom. The van der Waals surface area contributed by atoms with Gasteiger partial charge in [-0.2, -0.15) is 5.26 Å². The molecule has 0 fully saturated rings. The van der Waals surface area contributed by atoms with Gasteiger partial charge in [0, 0.05) is 24.4 Å². The lowest BCUT2D eigenvalue weighted by Crippen LogP contribution is -2.05. The van der Waals surface area contributed by atoms with Gasteiger partial charge in [-0.1, -0.05) is 36.4 Å². The molecule has 0 aliphatic rings. The average Bonchev–Trinajstić information content (AvgIpc) is 3.11. The van der Waals surface area contributed by atoms with Crippen molar-refractivity contribution in [2.75, 3.05) is 5.32 Å². The van der Waals surface area contributed by atoms with Crippen molar-refractivity contribution in [2.24, 2.45) is 0 Å². The number of carbonyl (C=O) groups is 1. The minimum Gasteiger partial charge on any atom is -0.326 e. The monoisotopic (exact) mass is 366 g/mol. The second kappa shape index (κ2) is 7.37. The van der Waals surface area contributed by atoms with Crippen molar-refractivity contribution in [3.8, 4) is 28.5 Å². The van der Waals surface area contributed by atoms with E-state index in [0.29, 0.717) is 6.42 Å². The van der Waals surface area contributed by atoms with Crippen LogP contribution >= 0.6 is 0 Å². The Balaban J connectivity index is 1.72. The molecule has 28 heavy (non-hydrogen) atoms. The van der Waals surface area contributed by atoms with Crippen LogP contribution in [0.4, 0.5) is 5.69 Å². The summed E-state index contributed by atoms with van der Waals surface area (Å²) < 4.78 is 2.02. The molecule has 0 aliphatic carbocycles. The Morgan fingerprint density at radius 1 is 1.07 bits per heavy atom. The quantitative estimate of drug-likeness (QED) is 0.569. The lowest BCUT2D eigenvalue weighted by atomic mass is 10.0. The van der Waals surface area contributed by atoms with Gasteiger partial charge < -0.3 is 5.32 Å². The molecule has 2 aromatic carbocycles. The molecule has 136 valence electrons. The fourth-order valence-electron chi connectivity index (χ4n) is 3.29. The topological polar surface area (TPSA) is 70.2 Å². The molecule has 0 unspecified atom stereocenters. The SMILES string of the molecule is CC(=O)Nc1cccc(-c2cnc3cc(-c4cccc(CC#N)c4)ccn23)c1. The number of nitrogens with one attached hydrogen (secondary N) is 1. The van der Waals surface area contributed by atoms with Crippen molar-refractivity contribution < 1.29 is 4.79 Å². The zero-order valence-electron chi connectivity index (χ0n) is 15.4. The minimum absolute atomic E-state index is 0.0986. The van der Waals surface area contributed by atoms with Crippen molar-refractivity contribution in [3.05, 3.63) is 78.6 Å². The van der Waals surface area contributed by atoms with Crippen LogP contribution in [0.1, 0.15) is 12.5 Å². The number of benzene rings is 2. The summed E-state index contributed by atoms with van der Waals surface area (Å²) in [4.78, 5) is 15.9. The number of pyridine rings is 1. The van der Waals surface area contributed by atoms with E-state index in [-0.39, 0.29) is 5.91 Å². The van der Waals surface area contributed by atoms with Crippen molar-refractivity contribution in [1.29, 1.82) is 5.26 Å². The molecule has 5 nitrogen and oxygen atoms in total. The maximum absolute atomic E-state index is 11.3. The van der Waals surface area contributed by atoms with Crippen LogP contribution in [0.25, 0.3) is 28.0 Å². The number of hydrogen-bond acceptors (Lipinski definition) is 3. The second-order valence-corrected chi connectivity index (χ2v) is 6.58. The van der Waals surface area contributed by atoms with Gasteiger partial charge in [0.25, 0.3) is 0 Å². The van der Waals surface area contributed by atoms with Crippen LogP contribution in [0.5, 0.6) is 0 Å². The zero-order chi connectivity index (χ0) is 19.5. The molecular formula is C23H18N4O. The van der Waals surface area contributed by atoms with E-state index in [1.165, 1.54) is 6.92 Å². The number of anilines is 1. The summed E-state index contributed by atoms with van der Waals surface area (Å²) in [6.07, 6.45) is 4.22. The lowest BCUT2D eigenvalue weighted by Gasteiger charge is -2.08. The van der Waals surface area contributed by atoms with Gasteiger partial charge in [-0.25, -0.2) is 4.98 Å². The van der Waals surface area contributed by atoms with E-state index in [0.717, 1.165) is 39.3 Å². The van der Waals surface area contributed by atoms with Crippen molar-refractivity contribution >= 4 is 17.2 Å². The fraction of sp³-hybridized carbons (Fsp3) is 0.0870. The molecular weight excluding hydrogens is 348 g/mol. The Kier molecular flexibility index (Phi) is 4.61. The summed E-state index contributed by atoms with van der Waals surface area (Å²) in [5.41, 5.74) is 6.63. The maximum Gasteiger partial charge on any atom is 0.221 e. The molecule has 0 aliphatic heterocycles. The molecule has 4 rings (SSSR count). The van der Waals surface area contributed by atoms with Gasteiger partial charge in [0.2, 0.25) is 5.91 Å². The first-order valence-electron chi connectivity index (χ1n) is 8.95. The molecule has 0 spiro atoms. The molecule has 0 radical (unpaired) electrons. The number of nitriles is 1. The summed E-state index contributed by atoms with van der Waals surface area (Å²) in [5.74, 6) is -0.0986. The lowest BCUT2D eigenvalue weighted by molar-refractivity contribution is -0.114. The zero-order valence-corrected chi connectivity index (χ0v) is 15.4. The van der Waals surface area contributed by atoms with Gasteiger partial charge >= 0.3 is 0 Å². The highest BCUT2D eigenvalue weighted by atomic mass is 16.1. The van der Waals surface area contributed by atoms with E-state index in [1.807, 2.05) is 77.5 Å². The highest BCUT2D eigenvalue weighted by Crippen LogP contribution is 2.27. The first-order chi connectivity index (χ1) is 13.6. The summed E-state index contributed by atoms with van der Waals surface area (Å²) in [5, 5.41) is 11.7. The van der Waals surface area contributed by atoms with Gasteiger partial charge in [-0.05, 0) is 41.0 Å². The molecule has 0 saturated heterocycles. The van der Waals surface area contributed by atoms with Crippen LogP contribution in [-0.2, 0) is 11.2 Å². The summed E-state index contributed by atoms with van der Waals surface area (Å²) in [7, 11) is 0. The molecule has 2 aromatic heterocycles. The van der Waals surface area contributed by atoms with E-state index in [2.05, 4.69) is 16.4 Å². The third-order valence-corrected chi connectivity index (χ3v) is 4.54. The van der Waals surface area contributed by atoms with Crippen LogP contribution in [0.2, 0.25) is 0 Å². The van der Waals surface area contributed by atoms with E-state index in [9.17, 15) is 4.79 Å². The predicted molar refractivity (Wildman–Crippen MR) is 110 cm³/mol. The summed E-state index contributed by atoms with van der Waals surface area (Å²) >= 11 is 0. The molecule has 0 saturated carbocycles. The van der Waals surface area contributed by atoms with Gasteiger partial charge in [0.1, 0.15) is 5.65 Å². The van der Waals surface area contributed by atoms with Crippen LogP contribution in [0.3, 0.4) is 0 Å². The average molecular weight is 366 g/mol.